The van der Waals surface area contributed by atoms with Gasteiger partial charge in [-0.15, -0.1) is 0 Å². The predicted octanol–water partition coefficient (Wildman–Crippen LogP) is 12.0. The minimum Gasteiger partial charge on any atom is -0.463 e. The summed E-state index contributed by atoms with van der Waals surface area (Å²) in [7, 11) is -4.42. The Balaban J connectivity index is 3.60. The van der Waals surface area contributed by atoms with Crippen LogP contribution in [0.5, 0.6) is 0 Å². The fourth-order valence-electron chi connectivity index (χ4n) is 6.02. The van der Waals surface area contributed by atoms with Crippen molar-refractivity contribution in [3.05, 3.63) is 24.3 Å². The molecule has 2 unspecified atom stereocenters. The van der Waals surface area contributed by atoms with Gasteiger partial charge in [-0.1, -0.05) is 154 Å². The van der Waals surface area contributed by atoms with Crippen molar-refractivity contribution in [3.8, 4) is 0 Å². The van der Waals surface area contributed by atoms with Crippen LogP contribution in [0.15, 0.2) is 24.3 Å². The fourth-order valence-corrected chi connectivity index (χ4v) is 6.77. The fraction of sp³-hybridized carbons (Fsp3) is 0.860. The Bertz CT molecular complexity index is 928. The van der Waals surface area contributed by atoms with Gasteiger partial charge in [-0.2, -0.15) is 0 Å². The summed E-state index contributed by atoms with van der Waals surface area (Å²) in [5.74, 6) is -0.525. The Labute approximate surface area is 325 Å². The van der Waals surface area contributed by atoms with Crippen LogP contribution in [0.3, 0.4) is 0 Å². The number of amides is 1. The van der Waals surface area contributed by atoms with E-state index >= 15 is 0 Å². The van der Waals surface area contributed by atoms with E-state index in [0.29, 0.717) is 6.42 Å². The van der Waals surface area contributed by atoms with Crippen molar-refractivity contribution >= 4 is 19.7 Å². The van der Waals surface area contributed by atoms with Gasteiger partial charge in [-0.05, 0) is 64.2 Å². The van der Waals surface area contributed by atoms with Gasteiger partial charge in [0.2, 0.25) is 5.91 Å². The first-order chi connectivity index (χ1) is 25.8. The number of hydrogen-bond donors (Lipinski definition) is 3. The van der Waals surface area contributed by atoms with E-state index < -0.39 is 26.5 Å². The molecule has 0 aromatic heterocycles. The van der Waals surface area contributed by atoms with Crippen LogP contribution >= 0.6 is 7.82 Å². The number of unbranched alkanes of at least 4 members (excludes halogenated alkanes) is 24. The van der Waals surface area contributed by atoms with Gasteiger partial charge in [0.05, 0.1) is 13.2 Å². The van der Waals surface area contributed by atoms with Gasteiger partial charge < -0.3 is 20.1 Å². The lowest BCUT2D eigenvalue weighted by molar-refractivity contribution is -0.147. The highest BCUT2D eigenvalue weighted by molar-refractivity contribution is 7.47. The monoisotopic (exact) mass is 772 g/mol. The summed E-state index contributed by atoms with van der Waals surface area (Å²) >= 11 is 0. The summed E-state index contributed by atoms with van der Waals surface area (Å²) in [5, 5.41) is 12.7. The van der Waals surface area contributed by atoms with Crippen molar-refractivity contribution < 1.29 is 37.9 Å². The highest BCUT2D eigenvalue weighted by Crippen LogP contribution is 2.42. The molecule has 0 aromatic rings. The summed E-state index contributed by atoms with van der Waals surface area (Å²) in [6.07, 6.45) is 42.5. The van der Waals surface area contributed by atoms with Crippen molar-refractivity contribution in [1.82, 2.24) is 5.32 Å². The predicted molar refractivity (Wildman–Crippen MR) is 220 cm³/mol. The van der Waals surface area contributed by atoms with E-state index in [1.807, 2.05) is 0 Å². The first kappa shape index (κ1) is 51.5. The molecular formula is C43H82NO8P. The second-order valence-corrected chi connectivity index (χ2v) is 16.1. The lowest BCUT2D eigenvalue weighted by atomic mass is 10.1. The van der Waals surface area contributed by atoms with Crippen molar-refractivity contribution in [3.63, 3.8) is 0 Å². The zero-order valence-electron chi connectivity index (χ0n) is 34.2. The average Bonchev–Trinajstić information content (AvgIpc) is 3.14. The van der Waals surface area contributed by atoms with E-state index in [0.717, 1.165) is 57.8 Å². The summed E-state index contributed by atoms with van der Waals surface area (Å²) in [6.45, 7) is 3.54. The molecule has 312 valence electrons. The van der Waals surface area contributed by atoms with Crippen LogP contribution in [0, 0.1) is 0 Å². The maximum Gasteiger partial charge on any atom is 0.472 e. The molecule has 0 radical (unpaired) electrons. The zero-order valence-corrected chi connectivity index (χ0v) is 35.1. The molecule has 0 heterocycles. The summed E-state index contributed by atoms with van der Waals surface area (Å²) in [5.41, 5.74) is 0. The largest absolute Gasteiger partial charge is 0.472 e. The molecular weight excluding hydrogens is 689 g/mol. The minimum absolute atomic E-state index is 0.0800. The number of esters is 1. The maximum absolute atomic E-state index is 12.1. The Hall–Kier alpha value is -1.51. The van der Waals surface area contributed by atoms with Crippen molar-refractivity contribution in [1.29, 1.82) is 0 Å². The molecule has 2 atom stereocenters. The number of ether oxygens (including phenoxy) is 1. The van der Waals surface area contributed by atoms with E-state index in [-0.39, 0.29) is 32.1 Å². The van der Waals surface area contributed by atoms with Gasteiger partial charge in [-0.3, -0.25) is 18.6 Å². The number of allylic oxidation sites excluding steroid dienone is 4. The smallest absolute Gasteiger partial charge is 0.463 e. The number of phosphoric acid groups is 1. The molecule has 0 saturated heterocycles. The topological polar surface area (TPSA) is 131 Å². The normalized spacial score (nSPS) is 13.5. The maximum atomic E-state index is 12.1. The molecule has 1 amide bonds. The third kappa shape index (κ3) is 41.5. The molecule has 0 spiro atoms. The number of carbonyl (C=O) groups is 2. The van der Waals surface area contributed by atoms with Gasteiger partial charge in [0, 0.05) is 19.4 Å². The average molecular weight is 772 g/mol. The van der Waals surface area contributed by atoms with Crippen LogP contribution in [0.4, 0.5) is 0 Å². The lowest BCUT2D eigenvalue weighted by Gasteiger charge is -2.15. The standard InChI is InChI=1S/C43H82NO8P/c1-3-5-7-9-11-13-15-17-19-20-22-23-25-27-29-31-33-35-42(46)44-37-38-51-53(48,49)52-40-41(45)39-50-43(47)36-34-32-30-28-26-24-21-18-16-14-12-10-8-6-4-2/h17-19,21,41,45H,3-16,20,22-40H2,1-2H3,(H,44,46)(H,48,49)/b19-17-,21-18-. The highest BCUT2D eigenvalue weighted by Gasteiger charge is 2.23. The Morgan fingerprint density at radius 2 is 0.962 bits per heavy atom. The molecule has 0 bridgehead atoms. The highest BCUT2D eigenvalue weighted by atomic mass is 31.2. The van der Waals surface area contributed by atoms with Crippen molar-refractivity contribution in [2.75, 3.05) is 26.4 Å². The third-order valence-corrected chi connectivity index (χ3v) is 10.3. The number of nitrogens with one attached hydrogen (secondary N) is 1. The summed E-state index contributed by atoms with van der Waals surface area (Å²) < 4.78 is 26.9. The van der Waals surface area contributed by atoms with Crippen LogP contribution in [0.2, 0.25) is 0 Å². The van der Waals surface area contributed by atoms with Crippen molar-refractivity contribution in [2.24, 2.45) is 0 Å². The molecule has 3 N–H and O–H groups in total. The second-order valence-electron chi connectivity index (χ2n) is 14.7. The van der Waals surface area contributed by atoms with Gasteiger partial charge in [0.1, 0.15) is 12.7 Å². The molecule has 53 heavy (non-hydrogen) atoms. The van der Waals surface area contributed by atoms with E-state index in [1.165, 1.54) is 122 Å². The molecule has 0 aliphatic carbocycles. The van der Waals surface area contributed by atoms with E-state index in [9.17, 15) is 24.2 Å². The third-order valence-electron chi connectivity index (χ3n) is 9.35. The number of phosphoric ester groups is 1. The van der Waals surface area contributed by atoms with Crippen LogP contribution in [0.1, 0.15) is 206 Å². The first-order valence-corrected chi connectivity index (χ1v) is 23.3. The number of aliphatic hydroxyl groups excluding tert-OH is 1. The molecule has 0 aliphatic heterocycles. The number of aliphatic hydroxyl groups is 1. The van der Waals surface area contributed by atoms with E-state index in [2.05, 4.69) is 43.5 Å². The minimum atomic E-state index is -4.42. The number of carbonyl (C=O) groups excluding carboxylic acids is 2. The Kier molecular flexibility index (Phi) is 39.0. The molecule has 9 nitrogen and oxygen atoms in total. The molecule has 10 heteroatoms. The first-order valence-electron chi connectivity index (χ1n) is 21.8. The van der Waals surface area contributed by atoms with Crippen LogP contribution in [0.25, 0.3) is 0 Å². The van der Waals surface area contributed by atoms with E-state index in [1.54, 1.807) is 0 Å². The molecule has 0 aromatic carbocycles. The van der Waals surface area contributed by atoms with Gasteiger partial charge in [0.15, 0.2) is 0 Å². The van der Waals surface area contributed by atoms with E-state index in [4.69, 9.17) is 13.8 Å². The Morgan fingerprint density at radius 1 is 0.566 bits per heavy atom. The second kappa shape index (κ2) is 40.2. The van der Waals surface area contributed by atoms with Crippen molar-refractivity contribution in [2.45, 2.75) is 213 Å². The Morgan fingerprint density at radius 3 is 1.42 bits per heavy atom. The molecule has 0 aliphatic rings. The molecule has 0 saturated carbocycles. The van der Waals surface area contributed by atoms with Gasteiger partial charge in [-0.25, -0.2) is 4.57 Å². The SMILES string of the molecule is CCCCCCCC/C=C\CCCCCCCCCC(=O)NCCOP(=O)(O)OCC(O)COC(=O)CCCCCCC/C=C\CCCCCCCC. The number of rotatable bonds is 41. The van der Waals surface area contributed by atoms with Crippen LogP contribution in [-0.2, 0) is 27.9 Å². The van der Waals surface area contributed by atoms with Gasteiger partial charge in [0.25, 0.3) is 0 Å². The van der Waals surface area contributed by atoms with Crippen LogP contribution < -0.4 is 5.32 Å². The zero-order chi connectivity index (χ0) is 38.9. The van der Waals surface area contributed by atoms with Gasteiger partial charge >= 0.3 is 13.8 Å². The summed E-state index contributed by atoms with van der Waals surface area (Å²) in [4.78, 5) is 33.9. The summed E-state index contributed by atoms with van der Waals surface area (Å²) in [6, 6.07) is 0. The molecule has 0 fully saturated rings. The number of hydrogen-bond acceptors (Lipinski definition) is 7. The quantitative estimate of drug-likeness (QED) is 0.0242. The van der Waals surface area contributed by atoms with Crippen LogP contribution in [-0.4, -0.2) is 54.3 Å². The lowest BCUT2D eigenvalue weighted by Crippen LogP contribution is -2.27. The molecule has 0 rings (SSSR count).